The molecule has 0 aromatic carbocycles. The Bertz CT molecular complexity index is 454. The van der Waals surface area contributed by atoms with Crippen LogP contribution in [-0.2, 0) is 0 Å². The molecule has 2 heterocycles. The van der Waals surface area contributed by atoms with E-state index in [0.717, 1.165) is 19.6 Å². The lowest BCUT2D eigenvalue weighted by Crippen LogP contribution is -2.54. The lowest BCUT2D eigenvalue weighted by atomic mass is 10.2. The highest BCUT2D eigenvalue weighted by Gasteiger charge is 2.22. The number of nitrogens with zero attached hydrogens (tertiary/aromatic N) is 3. The summed E-state index contributed by atoms with van der Waals surface area (Å²) >= 11 is 5.90. The van der Waals surface area contributed by atoms with E-state index in [1.54, 1.807) is 18.3 Å². The van der Waals surface area contributed by atoms with Crippen molar-refractivity contribution < 1.29 is 4.79 Å². The summed E-state index contributed by atoms with van der Waals surface area (Å²) in [5.41, 5.74) is 0.427. The zero-order valence-electron chi connectivity index (χ0n) is 11.3. The average molecular weight is 283 g/mol. The Hall–Kier alpha value is -1.17. The summed E-state index contributed by atoms with van der Waals surface area (Å²) in [5.74, 6) is -0.167. The maximum absolute atomic E-state index is 12.0. The second-order valence-corrected chi connectivity index (χ2v) is 5.31. The van der Waals surface area contributed by atoms with Gasteiger partial charge in [0, 0.05) is 38.4 Å². The maximum atomic E-state index is 12.0. The molecule has 1 saturated heterocycles. The van der Waals surface area contributed by atoms with Gasteiger partial charge in [0.2, 0.25) is 0 Å². The van der Waals surface area contributed by atoms with Crippen molar-refractivity contribution in [3.8, 4) is 0 Å². The number of amides is 1. The van der Waals surface area contributed by atoms with E-state index in [1.165, 1.54) is 0 Å². The van der Waals surface area contributed by atoms with E-state index in [2.05, 4.69) is 34.2 Å². The summed E-state index contributed by atoms with van der Waals surface area (Å²) < 4.78 is 0. The number of likely N-dealkylation sites (N-methyl/N-ethyl adjacent to an activating group) is 2. The Labute approximate surface area is 118 Å². The van der Waals surface area contributed by atoms with E-state index in [-0.39, 0.29) is 11.1 Å². The molecular formula is C13H19ClN4O. The second-order valence-electron chi connectivity index (χ2n) is 4.95. The molecule has 6 heteroatoms. The third-order valence-electron chi connectivity index (χ3n) is 3.48. The lowest BCUT2D eigenvalue weighted by molar-refractivity contribution is 0.0881. The monoisotopic (exact) mass is 282 g/mol. The molecule has 5 nitrogen and oxygen atoms in total. The van der Waals surface area contributed by atoms with E-state index in [1.807, 2.05) is 0 Å². The van der Waals surface area contributed by atoms with E-state index < -0.39 is 0 Å². The van der Waals surface area contributed by atoms with E-state index in [0.29, 0.717) is 18.2 Å². The minimum Gasteiger partial charge on any atom is -0.350 e. The summed E-state index contributed by atoms with van der Waals surface area (Å²) in [4.78, 5) is 20.5. The van der Waals surface area contributed by atoms with Crippen molar-refractivity contribution >= 4 is 17.5 Å². The number of hydrogen-bond donors (Lipinski definition) is 1. The van der Waals surface area contributed by atoms with Crippen LogP contribution < -0.4 is 5.32 Å². The van der Waals surface area contributed by atoms with Crippen LogP contribution in [0.2, 0.25) is 5.15 Å². The van der Waals surface area contributed by atoms with Crippen LogP contribution in [0, 0.1) is 0 Å². The molecule has 1 N–H and O–H groups in total. The van der Waals surface area contributed by atoms with Gasteiger partial charge < -0.3 is 10.2 Å². The molecule has 104 valence electrons. The number of carbonyl (C=O) groups is 1. The minimum atomic E-state index is -0.167. The first-order valence-electron chi connectivity index (χ1n) is 6.35. The zero-order chi connectivity index (χ0) is 13.8. The van der Waals surface area contributed by atoms with Gasteiger partial charge in [-0.15, -0.1) is 0 Å². The largest absolute Gasteiger partial charge is 0.350 e. The molecule has 0 radical (unpaired) electrons. The average Bonchev–Trinajstić information content (AvgIpc) is 2.40. The molecule has 1 aliphatic heterocycles. The number of hydrogen-bond acceptors (Lipinski definition) is 4. The Balaban J connectivity index is 1.91. The normalized spacial score (nSPS) is 21.3. The molecule has 0 spiro atoms. The van der Waals surface area contributed by atoms with E-state index in [9.17, 15) is 4.79 Å². The molecule has 1 atom stereocenters. The number of aromatic nitrogens is 1. The van der Waals surface area contributed by atoms with Crippen LogP contribution in [0.25, 0.3) is 0 Å². The molecular weight excluding hydrogens is 264 g/mol. The number of carbonyl (C=O) groups excluding carboxylic acids is 1. The first-order valence-corrected chi connectivity index (χ1v) is 6.73. The first-order chi connectivity index (χ1) is 9.08. The molecule has 0 saturated carbocycles. The number of piperazine rings is 1. The molecule has 2 rings (SSSR count). The van der Waals surface area contributed by atoms with Crippen molar-refractivity contribution in [2.45, 2.75) is 6.04 Å². The fourth-order valence-corrected chi connectivity index (χ4v) is 2.39. The fraction of sp³-hybridized carbons (Fsp3) is 0.538. The van der Waals surface area contributed by atoms with Crippen molar-refractivity contribution in [3.63, 3.8) is 0 Å². The van der Waals surface area contributed by atoms with Gasteiger partial charge in [-0.2, -0.15) is 0 Å². The molecule has 1 amide bonds. The summed E-state index contributed by atoms with van der Waals surface area (Å²) in [6.45, 7) is 3.66. The van der Waals surface area contributed by atoms with Crippen LogP contribution in [0.3, 0.4) is 0 Å². The van der Waals surface area contributed by atoms with E-state index in [4.69, 9.17) is 11.6 Å². The Morgan fingerprint density at radius 2 is 2.32 bits per heavy atom. The number of pyridine rings is 1. The SMILES string of the molecule is CN1CCN(C)C(CNC(=O)c2cccnc2Cl)C1. The van der Waals surface area contributed by atoms with Crippen molar-refractivity contribution in [1.29, 1.82) is 0 Å². The molecule has 0 bridgehead atoms. The summed E-state index contributed by atoms with van der Waals surface area (Å²) in [6.07, 6.45) is 1.57. The summed E-state index contributed by atoms with van der Waals surface area (Å²) in [5, 5.41) is 3.17. The molecule has 1 aliphatic rings. The Morgan fingerprint density at radius 1 is 1.53 bits per heavy atom. The van der Waals surface area contributed by atoms with Gasteiger partial charge in [0.05, 0.1) is 5.56 Å². The zero-order valence-corrected chi connectivity index (χ0v) is 12.0. The van der Waals surface area contributed by atoms with Crippen LogP contribution in [0.15, 0.2) is 18.3 Å². The smallest absolute Gasteiger partial charge is 0.254 e. The number of nitrogens with one attached hydrogen (secondary N) is 1. The van der Waals surface area contributed by atoms with Crippen molar-refractivity contribution in [2.24, 2.45) is 0 Å². The van der Waals surface area contributed by atoms with Gasteiger partial charge in [0.25, 0.3) is 5.91 Å². The molecule has 0 aliphatic carbocycles. The maximum Gasteiger partial charge on any atom is 0.254 e. The fourth-order valence-electron chi connectivity index (χ4n) is 2.18. The standard InChI is InChI=1S/C13H19ClN4O/c1-17-6-7-18(2)10(9-17)8-16-13(19)11-4-3-5-15-12(11)14/h3-5,10H,6-9H2,1-2H3,(H,16,19). The van der Waals surface area contributed by atoms with Crippen LogP contribution in [0.4, 0.5) is 0 Å². The van der Waals surface area contributed by atoms with Gasteiger partial charge in [-0.05, 0) is 26.2 Å². The van der Waals surface area contributed by atoms with Crippen LogP contribution in [0.5, 0.6) is 0 Å². The quantitative estimate of drug-likeness (QED) is 0.830. The number of rotatable bonds is 3. The van der Waals surface area contributed by atoms with Gasteiger partial charge >= 0.3 is 0 Å². The predicted octanol–water partition coefficient (Wildman–Crippen LogP) is 0.711. The predicted molar refractivity (Wildman–Crippen MR) is 75.5 cm³/mol. The third-order valence-corrected chi connectivity index (χ3v) is 3.78. The molecule has 1 aromatic heterocycles. The van der Waals surface area contributed by atoms with E-state index >= 15 is 0 Å². The highest BCUT2D eigenvalue weighted by molar-refractivity contribution is 6.32. The second kappa shape index (κ2) is 6.32. The van der Waals surface area contributed by atoms with Gasteiger partial charge in [-0.1, -0.05) is 11.6 Å². The Kier molecular flexibility index (Phi) is 4.74. The molecule has 1 unspecified atom stereocenters. The van der Waals surface area contributed by atoms with Gasteiger partial charge in [0.1, 0.15) is 5.15 Å². The summed E-state index contributed by atoms with van der Waals surface area (Å²) in [7, 11) is 4.18. The topological polar surface area (TPSA) is 48.5 Å². The molecule has 1 fully saturated rings. The third kappa shape index (κ3) is 3.65. The highest BCUT2D eigenvalue weighted by Crippen LogP contribution is 2.11. The van der Waals surface area contributed by atoms with Crippen LogP contribution >= 0.6 is 11.6 Å². The van der Waals surface area contributed by atoms with Crippen LogP contribution in [-0.4, -0.2) is 67.0 Å². The van der Waals surface area contributed by atoms with Gasteiger partial charge in [-0.25, -0.2) is 4.98 Å². The summed E-state index contributed by atoms with van der Waals surface area (Å²) in [6, 6.07) is 3.72. The van der Waals surface area contributed by atoms with Crippen molar-refractivity contribution in [3.05, 3.63) is 29.0 Å². The number of halogens is 1. The van der Waals surface area contributed by atoms with Crippen molar-refractivity contribution in [1.82, 2.24) is 20.1 Å². The first kappa shape index (κ1) is 14.2. The molecule has 1 aromatic rings. The minimum absolute atomic E-state index is 0.167. The lowest BCUT2D eigenvalue weighted by Gasteiger charge is -2.37. The van der Waals surface area contributed by atoms with Crippen LogP contribution in [0.1, 0.15) is 10.4 Å². The van der Waals surface area contributed by atoms with Gasteiger partial charge in [-0.3, -0.25) is 9.69 Å². The molecule has 19 heavy (non-hydrogen) atoms. The van der Waals surface area contributed by atoms with Crippen molar-refractivity contribution in [2.75, 3.05) is 40.3 Å². The van der Waals surface area contributed by atoms with Gasteiger partial charge in [0.15, 0.2) is 0 Å². The Morgan fingerprint density at radius 3 is 3.05 bits per heavy atom. The highest BCUT2D eigenvalue weighted by atomic mass is 35.5.